The first kappa shape index (κ1) is 19.1. The summed E-state index contributed by atoms with van der Waals surface area (Å²) in [6.07, 6.45) is 2.08. The third kappa shape index (κ3) is 5.40. The lowest BCUT2D eigenvalue weighted by atomic mass is 9.91. The molecule has 1 atom stereocenters. The average molecular weight is 351 g/mol. The Kier molecular flexibility index (Phi) is 6.72. The van der Waals surface area contributed by atoms with Gasteiger partial charge in [-0.1, -0.05) is 6.07 Å². The van der Waals surface area contributed by atoms with E-state index < -0.39 is 10.9 Å². The molecule has 0 saturated carbocycles. The van der Waals surface area contributed by atoms with Crippen molar-refractivity contribution in [2.45, 2.75) is 32.4 Å². The van der Waals surface area contributed by atoms with E-state index in [1.165, 1.54) is 19.2 Å². The molecule has 1 aliphatic rings. The molecule has 0 spiro atoms. The number of esters is 1. The van der Waals surface area contributed by atoms with E-state index in [4.69, 9.17) is 10.5 Å². The number of piperidine rings is 1. The Morgan fingerprint density at radius 1 is 1.44 bits per heavy atom. The van der Waals surface area contributed by atoms with Crippen LogP contribution in [0.1, 0.15) is 25.3 Å². The van der Waals surface area contributed by atoms with Crippen LogP contribution in [-0.4, -0.2) is 48.6 Å². The second-order valence-electron chi connectivity index (χ2n) is 6.40. The Labute approximate surface area is 147 Å². The van der Waals surface area contributed by atoms with E-state index in [2.05, 4.69) is 9.64 Å². The van der Waals surface area contributed by atoms with Crippen LogP contribution in [0.15, 0.2) is 18.2 Å². The van der Waals surface area contributed by atoms with Crippen LogP contribution in [0.25, 0.3) is 0 Å². The van der Waals surface area contributed by atoms with Crippen molar-refractivity contribution in [3.05, 3.63) is 33.9 Å². The molecule has 1 aromatic rings. The van der Waals surface area contributed by atoms with Crippen LogP contribution in [0.4, 0.5) is 5.69 Å². The van der Waals surface area contributed by atoms with E-state index in [0.29, 0.717) is 12.5 Å². The van der Waals surface area contributed by atoms with E-state index >= 15 is 0 Å². The molecule has 0 aromatic heterocycles. The zero-order chi connectivity index (χ0) is 18.4. The summed E-state index contributed by atoms with van der Waals surface area (Å²) in [7, 11) is 1.23. The Balaban J connectivity index is 2.01. The highest BCUT2D eigenvalue weighted by atomic mass is 16.6. The molecule has 1 heterocycles. The van der Waals surface area contributed by atoms with Gasteiger partial charge in [-0.2, -0.15) is 0 Å². The number of ether oxygens (including phenoxy) is 2. The van der Waals surface area contributed by atoms with Gasteiger partial charge in [0.15, 0.2) is 12.4 Å². The Morgan fingerprint density at radius 3 is 2.68 bits per heavy atom. The van der Waals surface area contributed by atoms with Crippen molar-refractivity contribution in [2.24, 2.45) is 11.7 Å². The maximum Gasteiger partial charge on any atom is 0.343 e. The van der Waals surface area contributed by atoms with Crippen LogP contribution in [0, 0.1) is 16.0 Å². The number of methoxy groups -OCH3 is 1. The van der Waals surface area contributed by atoms with E-state index in [0.717, 1.165) is 31.5 Å². The number of nitro groups is 1. The van der Waals surface area contributed by atoms with Gasteiger partial charge in [-0.3, -0.25) is 15.0 Å². The molecule has 1 saturated heterocycles. The maximum atomic E-state index is 11.3. The Morgan fingerprint density at radius 2 is 2.12 bits per heavy atom. The van der Waals surface area contributed by atoms with Gasteiger partial charge in [-0.25, -0.2) is 4.79 Å². The summed E-state index contributed by atoms with van der Waals surface area (Å²) >= 11 is 0. The molecule has 8 heteroatoms. The fraction of sp³-hybridized carbons (Fsp3) is 0.588. The molecule has 1 fully saturated rings. The lowest BCUT2D eigenvalue weighted by Crippen LogP contribution is -2.39. The number of benzene rings is 1. The van der Waals surface area contributed by atoms with Crippen molar-refractivity contribution >= 4 is 11.7 Å². The minimum Gasteiger partial charge on any atom is -0.475 e. The highest BCUT2D eigenvalue weighted by Crippen LogP contribution is 2.29. The number of hydrogen-bond acceptors (Lipinski definition) is 7. The van der Waals surface area contributed by atoms with Crippen LogP contribution in [0.3, 0.4) is 0 Å². The molecule has 0 radical (unpaired) electrons. The van der Waals surface area contributed by atoms with E-state index in [9.17, 15) is 14.9 Å². The summed E-state index contributed by atoms with van der Waals surface area (Å²) in [5, 5.41) is 11.3. The molecular weight excluding hydrogens is 326 g/mol. The summed E-state index contributed by atoms with van der Waals surface area (Å²) in [5.74, 6) is 0.0184. The monoisotopic (exact) mass is 351 g/mol. The summed E-state index contributed by atoms with van der Waals surface area (Å²) in [4.78, 5) is 24.2. The van der Waals surface area contributed by atoms with Crippen LogP contribution >= 0.6 is 0 Å². The van der Waals surface area contributed by atoms with Gasteiger partial charge in [0.25, 0.3) is 0 Å². The number of nitrogens with zero attached hydrogens (tertiary/aromatic N) is 2. The van der Waals surface area contributed by atoms with E-state index in [-0.39, 0.29) is 24.1 Å². The van der Waals surface area contributed by atoms with Crippen molar-refractivity contribution in [3.8, 4) is 5.75 Å². The summed E-state index contributed by atoms with van der Waals surface area (Å²) in [6, 6.07) is 5.03. The fourth-order valence-electron chi connectivity index (χ4n) is 3.02. The molecule has 0 bridgehead atoms. The molecule has 1 aromatic carbocycles. The first-order valence-corrected chi connectivity index (χ1v) is 8.35. The number of hydrogen-bond donors (Lipinski definition) is 1. The number of rotatable bonds is 7. The molecule has 138 valence electrons. The largest absolute Gasteiger partial charge is 0.475 e. The maximum absolute atomic E-state index is 11.3. The van der Waals surface area contributed by atoms with Crippen molar-refractivity contribution in [3.63, 3.8) is 0 Å². The number of likely N-dealkylation sites (tertiary alicyclic amines) is 1. The second-order valence-corrected chi connectivity index (χ2v) is 6.40. The van der Waals surface area contributed by atoms with Gasteiger partial charge < -0.3 is 15.2 Å². The predicted molar refractivity (Wildman–Crippen MR) is 92.3 cm³/mol. The summed E-state index contributed by atoms with van der Waals surface area (Å²) in [6.45, 7) is 4.18. The van der Waals surface area contributed by atoms with E-state index in [1.54, 1.807) is 6.07 Å². The van der Waals surface area contributed by atoms with Crippen molar-refractivity contribution in [1.29, 1.82) is 0 Å². The zero-order valence-electron chi connectivity index (χ0n) is 14.6. The highest BCUT2D eigenvalue weighted by Gasteiger charge is 2.23. The summed E-state index contributed by atoms with van der Waals surface area (Å²) < 4.78 is 9.67. The van der Waals surface area contributed by atoms with E-state index in [1.807, 2.05) is 6.92 Å². The molecule has 0 amide bonds. The molecule has 1 aliphatic heterocycles. The zero-order valence-corrected chi connectivity index (χ0v) is 14.6. The third-order valence-electron chi connectivity index (χ3n) is 4.58. The smallest absolute Gasteiger partial charge is 0.343 e. The van der Waals surface area contributed by atoms with Crippen molar-refractivity contribution < 1.29 is 19.2 Å². The molecule has 2 rings (SSSR count). The lowest BCUT2D eigenvalue weighted by molar-refractivity contribution is -0.385. The van der Waals surface area contributed by atoms with Crippen LogP contribution in [0.5, 0.6) is 5.75 Å². The van der Waals surface area contributed by atoms with Gasteiger partial charge >= 0.3 is 11.7 Å². The van der Waals surface area contributed by atoms with Gasteiger partial charge in [0.1, 0.15) is 0 Å². The normalized spacial score (nSPS) is 17.1. The molecule has 1 unspecified atom stereocenters. The fourth-order valence-corrected chi connectivity index (χ4v) is 3.02. The molecule has 8 nitrogen and oxygen atoms in total. The third-order valence-corrected chi connectivity index (χ3v) is 4.58. The van der Waals surface area contributed by atoms with Gasteiger partial charge in [0, 0.05) is 18.7 Å². The van der Waals surface area contributed by atoms with Gasteiger partial charge in [-0.05, 0) is 50.4 Å². The Bertz CT molecular complexity index is 612. The van der Waals surface area contributed by atoms with Crippen LogP contribution in [0.2, 0.25) is 0 Å². The molecule has 2 N–H and O–H groups in total. The number of carbonyl (C=O) groups excluding carboxylic acids is 1. The minimum atomic E-state index is -0.588. The van der Waals surface area contributed by atoms with Crippen molar-refractivity contribution in [2.75, 3.05) is 26.8 Å². The van der Waals surface area contributed by atoms with Gasteiger partial charge in [0.05, 0.1) is 12.0 Å². The molecule has 0 aliphatic carbocycles. The number of nitrogens with two attached hydrogens (primary N) is 1. The number of nitro benzene ring substituents is 1. The second kappa shape index (κ2) is 8.77. The first-order chi connectivity index (χ1) is 11.9. The van der Waals surface area contributed by atoms with Crippen molar-refractivity contribution in [1.82, 2.24) is 4.90 Å². The topological polar surface area (TPSA) is 108 Å². The summed E-state index contributed by atoms with van der Waals surface area (Å²) in [5.41, 5.74) is 6.65. The van der Waals surface area contributed by atoms with Gasteiger partial charge in [0.2, 0.25) is 0 Å². The average Bonchev–Trinajstić information content (AvgIpc) is 2.60. The number of carbonyl (C=O) groups is 1. The quantitative estimate of drug-likeness (QED) is 0.452. The van der Waals surface area contributed by atoms with Gasteiger partial charge in [-0.15, -0.1) is 0 Å². The molecule has 25 heavy (non-hydrogen) atoms. The van der Waals surface area contributed by atoms with Crippen LogP contribution in [-0.2, 0) is 16.1 Å². The first-order valence-electron chi connectivity index (χ1n) is 8.35. The molecular formula is C17H25N3O5. The highest BCUT2D eigenvalue weighted by molar-refractivity contribution is 5.71. The Hall–Kier alpha value is -2.19. The lowest BCUT2D eigenvalue weighted by Gasteiger charge is -2.33. The minimum absolute atomic E-state index is 0.0646. The van der Waals surface area contributed by atoms with Crippen LogP contribution < -0.4 is 10.5 Å². The SMILES string of the molecule is COC(=O)COc1ccc(CN2CCC(C(C)N)CC2)cc1[N+](=O)[O-]. The standard InChI is InChI=1S/C17H25N3O5/c1-12(18)14-5-7-19(8-6-14)10-13-3-4-16(15(9-13)20(22)23)25-11-17(21)24-2/h3-4,9,12,14H,5-8,10-11,18H2,1-2H3. The predicted octanol–water partition coefficient (Wildman–Crippen LogP) is 1.71.